The minimum atomic E-state index is -0.974. The standard InChI is InChI=1S/C24H20ClNO5/c1-15(22(27)17-5-3-7-19(25)13-17)31-24(29)16-9-11-20(12-10-16)26-23(28)18-6-4-8-21(14-18)30-2/h3-15H,1-2H3,(H,26,28)/t15-/m1/s1. The lowest BCUT2D eigenvalue weighted by Crippen LogP contribution is -2.24. The predicted octanol–water partition coefficient (Wildman–Crippen LogP) is 5.03. The van der Waals surface area contributed by atoms with E-state index >= 15 is 0 Å². The molecular formula is C24H20ClNO5. The van der Waals surface area contributed by atoms with Crippen LogP contribution in [0.5, 0.6) is 5.75 Å². The van der Waals surface area contributed by atoms with Crippen molar-refractivity contribution >= 4 is 34.9 Å². The lowest BCUT2D eigenvalue weighted by Gasteiger charge is -2.13. The number of rotatable bonds is 7. The molecule has 0 saturated heterocycles. The fraction of sp³-hybridized carbons (Fsp3) is 0.125. The number of anilines is 1. The molecule has 0 spiro atoms. The minimum Gasteiger partial charge on any atom is -0.497 e. The van der Waals surface area contributed by atoms with Gasteiger partial charge in [-0.15, -0.1) is 0 Å². The third-order valence-corrected chi connectivity index (χ3v) is 4.71. The molecule has 1 N–H and O–H groups in total. The number of benzene rings is 3. The van der Waals surface area contributed by atoms with Gasteiger partial charge in [0.1, 0.15) is 5.75 Å². The van der Waals surface area contributed by atoms with Crippen molar-refractivity contribution in [2.45, 2.75) is 13.0 Å². The highest BCUT2D eigenvalue weighted by molar-refractivity contribution is 6.31. The van der Waals surface area contributed by atoms with Gasteiger partial charge in [-0.25, -0.2) is 4.79 Å². The number of hydrogen-bond donors (Lipinski definition) is 1. The molecule has 3 rings (SSSR count). The number of nitrogens with one attached hydrogen (secondary N) is 1. The maximum atomic E-state index is 12.4. The van der Waals surface area contributed by atoms with Gasteiger partial charge in [-0.3, -0.25) is 9.59 Å². The highest BCUT2D eigenvalue weighted by Gasteiger charge is 2.20. The van der Waals surface area contributed by atoms with Gasteiger partial charge in [0.2, 0.25) is 5.78 Å². The lowest BCUT2D eigenvalue weighted by molar-refractivity contribution is 0.0319. The van der Waals surface area contributed by atoms with E-state index in [2.05, 4.69) is 5.32 Å². The maximum absolute atomic E-state index is 12.4. The third-order valence-electron chi connectivity index (χ3n) is 4.47. The van der Waals surface area contributed by atoms with Crippen molar-refractivity contribution in [3.05, 3.63) is 94.5 Å². The molecule has 0 aliphatic carbocycles. The van der Waals surface area contributed by atoms with Crippen molar-refractivity contribution in [3.8, 4) is 5.75 Å². The molecule has 1 atom stereocenters. The number of amides is 1. The second-order valence-corrected chi connectivity index (χ2v) is 7.12. The van der Waals surface area contributed by atoms with Crippen LogP contribution in [0.1, 0.15) is 38.0 Å². The normalized spacial score (nSPS) is 11.3. The molecule has 0 aliphatic heterocycles. The molecule has 0 fully saturated rings. The number of methoxy groups -OCH3 is 1. The number of halogens is 1. The Labute approximate surface area is 184 Å². The lowest BCUT2D eigenvalue weighted by atomic mass is 10.1. The quantitative estimate of drug-likeness (QED) is 0.414. The van der Waals surface area contributed by atoms with Crippen molar-refractivity contribution in [2.24, 2.45) is 0 Å². The Kier molecular flexibility index (Phi) is 7.05. The third kappa shape index (κ3) is 5.71. The number of carbonyl (C=O) groups excluding carboxylic acids is 3. The van der Waals surface area contributed by atoms with E-state index in [0.717, 1.165) is 0 Å². The first-order valence-electron chi connectivity index (χ1n) is 9.43. The van der Waals surface area contributed by atoms with Crippen LogP contribution in [0.25, 0.3) is 0 Å². The average Bonchev–Trinajstić information content (AvgIpc) is 2.79. The van der Waals surface area contributed by atoms with E-state index in [9.17, 15) is 14.4 Å². The zero-order valence-electron chi connectivity index (χ0n) is 16.9. The Morgan fingerprint density at radius 3 is 2.23 bits per heavy atom. The van der Waals surface area contributed by atoms with Crippen LogP contribution in [0.4, 0.5) is 5.69 Å². The molecule has 1 amide bonds. The Balaban J connectivity index is 1.61. The van der Waals surface area contributed by atoms with Gasteiger partial charge in [0.15, 0.2) is 6.10 Å². The van der Waals surface area contributed by atoms with E-state index in [1.54, 1.807) is 54.6 Å². The number of ketones is 1. The average molecular weight is 438 g/mol. The summed E-state index contributed by atoms with van der Waals surface area (Å²) in [5.41, 5.74) is 1.57. The van der Waals surface area contributed by atoms with Crippen LogP contribution >= 0.6 is 11.6 Å². The second kappa shape index (κ2) is 9.91. The topological polar surface area (TPSA) is 81.7 Å². The molecule has 0 bridgehead atoms. The molecule has 0 heterocycles. The van der Waals surface area contributed by atoms with E-state index in [1.807, 2.05) is 0 Å². The summed E-state index contributed by atoms with van der Waals surface area (Å²) in [6.07, 6.45) is -0.974. The Morgan fingerprint density at radius 2 is 1.55 bits per heavy atom. The maximum Gasteiger partial charge on any atom is 0.338 e. The summed E-state index contributed by atoms with van der Waals surface area (Å²) < 4.78 is 10.4. The van der Waals surface area contributed by atoms with Gasteiger partial charge < -0.3 is 14.8 Å². The summed E-state index contributed by atoms with van der Waals surface area (Å²) in [4.78, 5) is 37.2. The first-order chi connectivity index (χ1) is 14.9. The molecule has 6 nitrogen and oxygen atoms in total. The van der Waals surface area contributed by atoms with Gasteiger partial charge in [0, 0.05) is 21.8 Å². The van der Waals surface area contributed by atoms with Crippen LogP contribution in [-0.4, -0.2) is 30.9 Å². The summed E-state index contributed by atoms with van der Waals surface area (Å²) in [7, 11) is 1.53. The smallest absolute Gasteiger partial charge is 0.338 e. The van der Waals surface area contributed by atoms with Crippen molar-refractivity contribution in [2.75, 3.05) is 12.4 Å². The summed E-state index contributed by atoms with van der Waals surface area (Å²) >= 11 is 5.90. The van der Waals surface area contributed by atoms with Crippen LogP contribution in [0.15, 0.2) is 72.8 Å². The first kappa shape index (κ1) is 22.1. The van der Waals surface area contributed by atoms with Crippen molar-refractivity contribution < 1.29 is 23.9 Å². The number of Topliss-reactive ketones (excluding diaryl/α,β-unsaturated/α-hetero) is 1. The minimum absolute atomic E-state index is 0.255. The van der Waals surface area contributed by atoms with Crippen LogP contribution in [-0.2, 0) is 4.74 Å². The molecule has 3 aromatic rings. The number of esters is 1. The summed E-state index contributed by atoms with van der Waals surface area (Å²) in [5.74, 6) is -0.728. The Morgan fingerprint density at radius 1 is 0.871 bits per heavy atom. The number of hydrogen-bond acceptors (Lipinski definition) is 5. The van der Waals surface area contributed by atoms with E-state index < -0.39 is 12.1 Å². The van der Waals surface area contributed by atoms with E-state index in [1.165, 1.54) is 32.2 Å². The van der Waals surface area contributed by atoms with Gasteiger partial charge in [0.25, 0.3) is 5.91 Å². The molecule has 7 heteroatoms. The second-order valence-electron chi connectivity index (χ2n) is 6.69. The van der Waals surface area contributed by atoms with E-state index in [4.69, 9.17) is 21.1 Å². The molecule has 0 saturated carbocycles. The zero-order chi connectivity index (χ0) is 22.4. The van der Waals surface area contributed by atoms with E-state index in [-0.39, 0.29) is 17.3 Å². The number of carbonyl (C=O) groups is 3. The van der Waals surface area contributed by atoms with Crippen LogP contribution in [0.2, 0.25) is 5.02 Å². The molecular weight excluding hydrogens is 418 g/mol. The van der Waals surface area contributed by atoms with Gasteiger partial charge >= 0.3 is 5.97 Å². The summed E-state index contributed by atoms with van der Waals surface area (Å²) in [6, 6.07) is 19.4. The zero-order valence-corrected chi connectivity index (χ0v) is 17.7. The number of ether oxygens (including phenoxy) is 2. The predicted molar refractivity (Wildman–Crippen MR) is 118 cm³/mol. The van der Waals surface area contributed by atoms with Crippen LogP contribution in [0, 0.1) is 0 Å². The molecule has 31 heavy (non-hydrogen) atoms. The highest BCUT2D eigenvalue weighted by Crippen LogP contribution is 2.17. The van der Waals surface area contributed by atoms with Crippen molar-refractivity contribution in [1.82, 2.24) is 0 Å². The SMILES string of the molecule is COc1cccc(C(=O)Nc2ccc(C(=O)O[C@H](C)C(=O)c3cccc(Cl)c3)cc2)c1. The monoisotopic (exact) mass is 437 g/mol. The molecule has 0 aliphatic rings. The highest BCUT2D eigenvalue weighted by atomic mass is 35.5. The summed E-state index contributed by atoms with van der Waals surface area (Å²) in [6.45, 7) is 1.50. The molecule has 3 aromatic carbocycles. The van der Waals surface area contributed by atoms with Crippen molar-refractivity contribution in [3.63, 3.8) is 0 Å². The van der Waals surface area contributed by atoms with Gasteiger partial charge in [0.05, 0.1) is 12.7 Å². The molecule has 158 valence electrons. The fourth-order valence-corrected chi connectivity index (χ4v) is 3.01. The largest absolute Gasteiger partial charge is 0.497 e. The van der Waals surface area contributed by atoms with Crippen LogP contribution < -0.4 is 10.1 Å². The molecule has 0 radical (unpaired) electrons. The van der Waals surface area contributed by atoms with Gasteiger partial charge in [-0.1, -0.05) is 29.8 Å². The fourth-order valence-electron chi connectivity index (χ4n) is 2.82. The van der Waals surface area contributed by atoms with E-state index in [0.29, 0.717) is 27.6 Å². The van der Waals surface area contributed by atoms with Crippen LogP contribution in [0.3, 0.4) is 0 Å². The van der Waals surface area contributed by atoms with Crippen molar-refractivity contribution in [1.29, 1.82) is 0 Å². The molecule has 0 unspecified atom stereocenters. The first-order valence-corrected chi connectivity index (χ1v) is 9.81. The van der Waals surface area contributed by atoms with Gasteiger partial charge in [-0.05, 0) is 61.5 Å². The van der Waals surface area contributed by atoms with Gasteiger partial charge in [-0.2, -0.15) is 0 Å². The Hall–Kier alpha value is -3.64. The molecule has 0 aromatic heterocycles. The summed E-state index contributed by atoms with van der Waals surface area (Å²) in [5, 5.41) is 3.18. The Bertz CT molecular complexity index is 1110.